The number of piperazine rings is 1. The molecule has 2 aliphatic heterocycles. The van der Waals surface area contributed by atoms with E-state index in [0.717, 1.165) is 19.0 Å². The van der Waals surface area contributed by atoms with Crippen LogP contribution in [0.5, 0.6) is 0 Å². The number of nitrogens with zero attached hydrogens (tertiary/aromatic N) is 3. The Kier molecular flexibility index (Phi) is 5.65. The lowest BCUT2D eigenvalue weighted by molar-refractivity contribution is 0.0125. The number of hydrogen-bond acceptors (Lipinski definition) is 4. The molecule has 120 valence electrons. The van der Waals surface area contributed by atoms with Gasteiger partial charge in [-0.1, -0.05) is 6.42 Å². The molecule has 0 aromatic carbocycles. The van der Waals surface area contributed by atoms with Crippen LogP contribution in [0.3, 0.4) is 0 Å². The van der Waals surface area contributed by atoms with Gasteiger partial charge in [-0.3, -0.25) is 15.1 Å². The molecule has 0 radical (unpaired) electrons. The van der Waals surface area contributed by atoms with Gasteiger partial charge in [-0.15, -0.1) is 0 Å². The van der Waals surface area contributed by atoms with Crippen molar-refractivity contribution < 1.29 is 0 Å². The predicted octanol–water partition coefficient (Wildman–Crippen LogP) is 2.22. The summed E-state index contributed by atoms with van der Waals surface area (Å²) in [6.45, 7) is 13.3. The lowest BCUT2D eigenvalue weighted by Crippen LogP contribution is -2.59. The van der Waals surface area contributed by atoms with E-state index in [1.165, 1.54) is 38.9 Å². The Hall–Kier alpha value is -0.630. The normalized spacial score (nSPS) is 30.7. The number of nitrogens with one attached hydrogen (secondary N) is 1. The van der Waals surface area contributed by atoms with Gasteiger partial charge in [-0.2, -0.15) is 5.26 Å². The summed E-state index contributed by atoms with van der Waals surface area (Å²) in [7, 11) is 0. The van der Waals surface area contributed by atoms with E-state index in [9.17, 15) is 5.26 Å². The summed E-state index contributed by atoms with van der Waals surface area (Å²) in [4.78, 5) is 5.28. The average Bonchev–Trinajstić information content (AvgIpc) is 2.44. The van der Waals surface area contributed by atoms with Crippen LogP contribution in [0.2, 0.25) is 0 Å². The maximum absolute atomic E-state index is 9.48. The van der Waals surface area contributed by atoms with E-state index < -0.39 is 5.54 Å². The summed E-state index contributed by atoms with van der Waals surface area (Å²) < 4.78 is 0. The van der Waals surface area contributed by atoms with Gasteiger partial charge in [0.25, 0.3) is 0 Å². The highest BCUT2D eigenvalue weighted by Crippen LogP contribution is 2.24. The first-order valence-electron chi connectivity index (χ1n) is 8.60. The van der Waals surface area contributed by atoms with Gasteiger partial charge in [-0.05, 0) is 53.5 Å². The third-order valence-electron chi connectivity index (χ3n) is 5.07. The van der Waals surface area contributed by atoms with E-state index in [1.54, 1.807) is 0 Å². The summed E-state index contributed by atoms with van der Waals surface area (Å²) in [5, 5.41) is 12.9. The molecule has 4 nitrogen and oxygen atoms in total. The van der Waals surface area contributed by atoms with Crippen molar-refractivity contribution in [2.45, 2.75) is 77.0 Å². The van der Waals surface area contributed by atoms with Crippen molar-refractivity contribution in [1.82, 2.24) is 15.1 Å². The van der Waals surface area contributed by atoms with Crippen LogP contribution >= 0.6 is 0 Å². The Morgan fingerprint density at radius 2 is 2.10 bits per heavy atom. The largest absolute Gasteiger partial charge is 0.298 e. The Morgan fingerprint density at radius 1 is 1.33 bits per heavy atom. The summed E-state index contributed by atoms with van der Waals surface area (Å²) in [5.41, 5.74) is -0.405. The molecule has 3 atom stereocenters. The molecule has 0 aromatic rings. The fourth-order valence-electron chi connectivity index (χ4n) is 3.89. The topological polar surface area (TPSA) is 42.3 Å². The van der Waals surface area contributed by atoms with Gasteiger partial charge in [0.2, 0.25) is 0 Å². The fourth-order valence-corrected chi connectivity index (χ4v) is 3.89. The standard InChI is InChI=1S/C17H32N4/c1-14(2)19-17(4,13-18)8-10-20-12-16-7-5-6-9-21(16)11-15(20)3/h14-16,19H,5-12H2,1-4H3. The van der Waals surface area contributed by atoms with Crippen molar-refractivity contribution in [3.8, 4) is 6.07 Å². The van der Waals surface area contributed by atoms with Gasteiger partial charge >= 0.3 is 0 Å². The second-order valence-corrected chi connectivity index (χ2v) is 7.48. The highest BCUT2D eigenvalue weighted by molar-refractivity contribution is 5.05. The molecule has 0 bridgehead atoms. The predicted molar refractivity (Wildman–Crippen MR) is 87.2 cm³/mol. The van der Waals surface area contributed by atoms with Crippen LogP contribution in [0.25, 0.3) is 0 Å². The summed E-state index contributed by atoms with van der Waals surface area (Å²) in [5.74, 6) is 0. The number of fused-ring (bicyclic) bond motifs is 1. The van der Waals surface area contributed by atoms with Crippen molar-refractivity contribution in [3.63, 3.8) is 0 Å². The molecule has 0 spiro atoms. The number of piperidine rings is 1. The molecule has 2 saturated heterocycles. The Labute approximate surface area is 130 Å². The van der Waals surface area contributed by atoms with Crippen LogP contribution in [-0.2, 0) is 0 Å². The second kappa shape index (κ2) is 7.09. The molecule has 21 heavy (non-hydrogen) atoms. The van der Waals surface area contributed by atoms with Gasteiger partial charge < -0.3 is 0 Å². The Morgan fingerprint density at radius 3 is 2.76 bits per heavy atom. The van der Waals surface area contributed by atoms with E-state index in [2.05, 4.69) is 42.0 Å². The van der Waals surface area contributed by atoms with Crippen molar-refractivity contribution in [2.75, 3.05) is 26.2 Å². The molecule has 2 fully saturated rings. The molecule has 0 aliphatic carbocycles. The van der Waals surface area contributed by atoms with Gasteiger partial charge in [0.15, 0.2) is 0 Å². The van der Waals surface area contributed by atoms with Crippen LogP contribution in [0.1, 0.15) is 53.4 Å². The molecule has 2 aliphatic rings. The lowest BCUT2D eigenvalue weighted by atomic mass is 9.94. The Balaban J connectivity index is 1.88. The fraction of sp³-hybridized carbons (Fsp3) is 0.941. The minimum Gasteiger partial charge on any atom is -0.298 e. The van der Waals surface area contributed by atoms with Crippen LogP contribution in [-0.4, -0.2) is 59.6 Å². The molecule has 0 amide bonds. The summed E-state index contributed by atoms with van der Waals surface area (Å²) in [6, 6.07) is 4.19. The van der Waals surface area contributed by atoms with Crippen LogP contribution < -0.4 is 5.32 Å². The second-order valence-electron chi connectivity index (χ2n) is 7.48. The number of rotatable bonds is 5. The van der Waals surface area contributed by atoms with E-state index in [4.69, 9.17) is 0 Å². The Bertz CT molecular complexity index is 375. The van der Waals surface area contributed by atoms with Crippen molar-refractivity contribution in [1.29, 1.82) is 5.26 Å². The lowest BCUT2D eigenvalue weighted by Gasteiger charge is -2.48. The van der Waals surface area contributed by atoms with Crippen molar-refractivity contribution in [3.05, 3.63) is 0 Å². The van der Waals surface area contributed by atoms with Gasteiger partial charge in [0, 0.05) is 37.8 Å². The molecule has 2 rings (SSSR count). The maximum atomic E-state index is 9.48. The highest BCUT2D eigenvalue weighted by Gasteiger charge is 2.34. The molecule has 0 aromatic heterocycles. The minimum absolute atomic E-state index is 0.349. The zero-order valence-electron chi connectivity index (χ0n) is 14.2. The van der Waals surface area contributed by atoms with Crippen molar-refractivity contribution >= 4 is 0 Å². The first-order valence-corrected chi connectivity index (χ1v) is 8.60. The SMILES string of the molecule is CC(C)NC(C)(C#N)CCN1CC2CCCCN2CC1C. The molecule has 2 heterocycles. The van der Waals surface area contributed by atoms with Crippen LogP contribution in [0, 0.1) is 11.3 Å². The zero-order chi connectivity index (χ0) is 15.5. The van der Waals surface area contributed by atoms with E-state index >= 15 is 0 Å². The number of nitriles is 1. The van der Waals surface area contributed by atoms with E-state index in [-0.39, 0.29) is 0 Å². The first-order chi connectivity index (χ1) is 9.93. The quantitative estimate of drug-likeness (QED) is 0.843. The van der Waals surface area contributed by atoms with Gasteiger partial charge in [-0.25, -0.2) is 0 Å². The highest BCUT2D eigenvalue weighted by atomic mass is 15.3. The minimum atomic E-state index is -0.405. The molecule has 0 saturated carbocycles. The molecule has 3 unspecified atom stereocenters. The third kappa shape index (κ3) is 4.42. The monoisotopic (exact) mass is 292 g/mol. The molecular formula is C17H32N4. The first kappa shape index (κ1) is 16.7. The number of hydrogen-bond donors (Lipinski definition) is 1. The maximum Gasteiger partial charge on any atom is 0.105 e. The third-order valence-corrected chi connectivity index (χ3v) is 5.07. The summed E-state index contributed by atoms with van der Waals surface area (Å²) in [6.07, 6.45) is 5.00. The van der Waals surface area contributed by atoms with Gasteiger partial charge in [0.1, 0.15) is 5.54 Å². The zero-order valence-corrected chi connectivity index (χ0v) is 14.2. The van der Waals surface area contributed by atoms with Crippen LogP contribution in [0.15, 0.2) is 0 Å². The van der Waals surface area contributed by atoms with E-state index in [1.807, 2.05) is 6.92 Å². The van der Waals surface area contributed by atoms with E-state index in [0.29, 0.717) is 12.1 Å². The smallest absolute Gasteiger partial charge is 0.105 e. The molecule has 4 heteroatoms. The average molecular weight is 292 g/mol. The van der Waals surface area contributed by atoms with Crippen LogP contribution in [0.4, 0.5) is 0 Å². The van der Waals surface area contributed by atoms with Crippen molar-refractivity contribution in [2.24, 2.45) is 0 Å². The summed E-state index contributed by atoms with van der Waals surface area (Å²) >= 11 is 0. The molecular weight excluding hydrogens is 260 g/mol. The molecule has 1 N–H and O–H groups in total. The van der Waals surface area contributed by atoms with Gasteiger partial charge in [0.05, 0.1) is 6.07 Å².